The fourth-order valence-corrected chi connectivity index (χ4v) is 4.32. The third kappa shape index (κ3) is 3.79. The first-order chi connectivity index (χ1) is 16.2. The summed E-state index contributed by atoms with van der Waals surface area (Å²) in [6.07, 6.45) is -4.68. The second kappa shape index (κ2) is 8.02. The highest BCUT2D eigenvalue weighted by Crippen LogP contribution is 2.36. The van der Waals surface area contributed by atoms with Gasteiger partial charge in [0.05, 0.1) is 16.6 Å². The number of amides is 1. The summed E-state index contributed by atoms with van der Waals surface area (Å²) in [5.74, 6) is -1.60. The fraction of sp³-hybridized carbons (Fsp3) is 0.0741. The highest BCUT2D eigenvalue weighted by molar-refractivity contribution is 6.18. The van der Waals surface area contributed by atoms with E-state index in [4.69, 9.17) is 5.73 Å². The summed E-state index contributed by atoms with van der Waals surface area (Å²) in [5.41, 5.74) is 7.96. The number of carbonyl (C=O) groups is 1. The molecular weight excluding hydrogens is 444 g/mol. The molecule has 1 radical (unpaired) electrons. The minimum Gasteiger partial charge on any atom is -0.366 e. The van der Waals surface area contributed by atoms with Crippen LogP contribution in [0.1, 0.15) is 21.5 Å². The van der Waals surface area contributed by atoms with Gasteiger partial charge < -0.3 is 10.3 Å². The summed E-state index contributed by atoms with van der Waals surface area (Å²) in [7, 11) is 0. The van der Waals surface area contributed by atoms with Gasteiger partial charge in [-0.05, 0) is 65.2 Å². The van der Waals surface area contributed by atoms with Crippen LogP contribution in [-0.4, -0.2) is 10.5 Å². The normalized spacial score (nSPS) is 11.9. The molecule has 2 N–H and O–H groups in total. The lowest BCUT2D eigenvalue weighted by Crippen LogP contribution is -2.11. The number of rotatable bonds is 4. The molecule has 0 aliphatic rings. The highest BCUT2D eigenvalue weighted by Gasteiger charge is 2.31. The van der Waals surface area contributed by atoms with Crippen LogP contribution in [0.2, 0.25) is 0 Å². The Kier molecular flexibility index (Phi) is 5.12. The summed E-state index contributed by atoms with van der Waals surface area (Å²) in [6, 6.07) is 23.9. The molecule has 34 heavy (non-hydrogen) atoms. The molecule has 3 nitrogen and oxygen atoms in total. The third-order valence-corrected chi connectivity index (χ3v) is 5.79. The maximum absolute atomic E-state index is 14.1. The van der Waals surface area contributed by atoms with Gasteiger partial charge in [0.25, 0.3) is 0 Å². The predicted molar refractivity (Wildman–Crippen MR) is 123 cm³/mol. The Labute approximate surface area is 192 Å². The Morgan fingerprint density at radius 3 is 2.38 bits per heavy atom. The van der Waals surface area contributed by atoms with Crippen molar-refractivity contribution in [3.63, 3.8) is 0 Å². The third-order valence-electron chi connectivity index (χ3n) is 5.79. The van der Waals surface area contributed by atoms with Crippen molar-refractivity contribution in [1.29, 1.82) is 0 Å². The number of nitrogens with two attached hydrogens (primary N) is 1. The number of nitrogens with zero attached hydrogens (tertiary/aromatic N) is 1. The second-order valence-corrected chi connectivity index (χ2v) is 8.01. The lowest BCUT2D eigenvalue weighted by atomic mass is 10.0. The average molecular weight is 461 g/mol. The Balaban J connectivity index is 1.78. The highest BCUT2D eigenvalue weighted by atomic mass is 19.4. The molecule has 0 aliphatic carbocycles. The van der Waals surface area contributed by atoms with Crippen molar-refractivity contribution in [2.24, 2.45) is 5.73 Å². The molecule has 5 aromatic rings. The molecule has 0 atom stereocenters. The second-order valence-electron chi connectivity index (χ2n) is 8.01. The number of primary amides is 1. The van der Waals surface area contributed by atoms with Crippen molar-refractivity contribution in [3.8, 4) is 11.1 Å². The molecule has 4 aromatic carbocycles. The van der Waals surface area contributed by atoms with Crippen molar-refractivity contribution >= 4 is 27.7 Å². The first-order valence-corrected chi connectivity index (χ1v) is 10.4. The Bertz CT molecular complexity index is 1550. The number of benzene rings is 4. The van der Waals surface area contributed by atoms with Gasteiger partial charge in [0.1, 0.15) is 5.82 Å². The van der Waals surface area contributed by atoms with Crippen molar-refractivity contribution in [3.05, 3.63) is 107 Å². The molecule has 1 aromatic heterocycles. The van der Waals surface area contributed by atoms with Gasteiger partial charge in [0.2, 0.25) is 5.91 Å². The zero-order valence-electron chi connectivity index (χ0n) is 17.7. The smallest absolute Gasteiger partial charge is 0.366 e. The number of fused-ring (bicyclic) bond motifs is 3. The molecule has 0 saturated carbocycles. The van der Waals surface area contributed by atoms with Gasteiger partial charge in [-0.3, -0.25) is 4.79 Å². The molecule has 0 fully saturated rings. The molecule has 0 aliphatic heterocycles. The molecule has 5 rings (SSSR count). The fourth-order valence-electron chi connectivity index (χ4n) is 4.32. The lowest BCUT2D eigenvalue weighted by Gasteiger charge is -2.12. The van der Waals surface area contributed by atoms with Crippen LogP contribution < -0.4 is 5.73 Å². The summed E-state index contributed by atoms with van der Waals surface area (Å²) < 4.78 is 55.7. The van der Waals surface area contributed by atoms with Crippen molar-refractivity contribution in [2.45, 2.75) is 12.7 Å². The standard InChI is InChI=1S/C27H17F4N2O/c28-20-12-16(11-19(14-20)27(29,30)31)15-33-23-8-4-7-22(26(32)34)25(23)21-10-9-18(13-24(21)33)17-5-2-1-3-6-17/h1-9,11-14H,15H2,(H2,32,34). The van der Waals surface area contributed by atoms with E-state index in [0.29, 0.717) is 27.9 Å². The monoisotopic (exact) mass is 461 g/mol. The predicted octanol–water partition coefficient (Wildman–Crippen LogP) is 6.57. The molecule has 0 bridgehead atoms. The molecule has 7 heteroatoms. The molecule has 0 spiro atoms. The first-order valence-electron chi connectivity index (χ1n) is 10.4. The molecule has 0 unspecified atom stereocenters. The van der Waals surface area contributed by atoms with E-state index in [0.717, 1.165) is 23.3 Å². The molecule has 1 heterocycles. The number of aromatic nitrogens is 1. The van der Waals surface area contributed by atoms with E-state index >= 15 is 0 Å². The molecular formula is C27H17F4N2O. The number of carbonyl (C=O) groups excluding carboxylic acids is 1. The van der Waals surface area contributed by atoms with Gasteiger partial charge in [0, 0.05) is 22.9 Å². The number of hydrogen-bond acceptors (Lipinski definition) is 1. The summed E-state index contributed by atoms with van der Waals surface area (Å²) in [5, 5.41) is 1.16. The quantitative estimate of drug-likeness (QED) is 0.303. The van der Waals surface area contributed by atoms with Crippen LogP contribution in [0.4, 0.5) is 17.6 Å². The molecule has 0 saturated heterocycles. The van der Waals surface area contributed by atoms with E-state index in [-0.39, 0.29) is 17.7 Å². The molecule has 1 amide bonds. The number of alkyl halides is 3. The first kappa shape index (κ1) is 21.7. The summed E-state index contributed by atoms with van der Waals surface area (Å²) in [4.78, 5) is 12.1. The van der Waals surface area contributed by atoms with Crippen LogP contribution in [0.3, 0.4) is 0 Å². The van der Waals surface area contributed by atoms with E-state index in [1.807, 2.05) is 36.4 Å². The van der Waals surface area contributed by atoms with Crippen molar-refractivity contribution in [2.75, 3.05) is 0 Å². The summed E-state index contributed by atoms with van der Waals surface area (Å²) >= 11 is 0. The minimum absolute atomic E-state index is 0.0465. The molecule has 169 valence electrons. The zero-order valence-corrected chi connectivity index (χ0v) is 17.7. The van der Waals surface area contributed by atoms with Gasteiger partial charge in [-0.2, -0.15) is 13.2 Å². The van der Waals surface area contributed by atoms with E-state index in [1.165, 1.54) is 0 Å². The van der Waals surface area contributed by atoms with E-state index in [2.05, 4.69) is 6.07 Å². The Morgan fingerprint density at radius 1 is 0.912 bits per heavy atom. The van der Waals surface area contributed by atoms with Crippen molar-refractivity contribution < 1.29 is 22.4 Å². The van der Waals surface area contributed by atoms with Gasteiger partial charge in [-0.25, -0.2) is 4.39 Å². The Hall–Kier alpha value is -4.13. The summed E-state index contributed by atoms with van der Waals surface area (Å²) in [6.45, 7) is -0.0465. The zero-order chi connectivity index (χ0) is 24.0. The van der Waals surface area contributed by atoms with Crippen LogP contribution in [0.15, 0.2) is 78.9 Å². The lowest BCUT2D eigenvalue weighted by molar-refractivity contribution is -0.137. The van der Waals surface area contributed by atoms with Gasteiger partial charge in [0.15, 0.2) is 0 Å². The maximum atomic E-state index is 14.1. The Morgan fingerprint density at radius 2 is 1.68 bits per heavy atom. The van der Waals surface area contributed by atoms with Gasteiger partial charge in [-0.15, -0.1) is 0 Å². The van der Waals surface area contributed by atoms with E-state index < -0.39 is 23.5 Å². The SMILES string of the molecule is NC(=O)c1cccc2c1c1[c]cc(-c3ccccc3)cc1n2Cc1cc(F)cc(C(F)(F)F)c1. The minimum atomic E-state index is -4.68. The largest absolute Gasteiger partial charge is 0.416 e. The van der Waals surface area contributed by atoms with Crippen LogP contribution in [0, 0.1) is 11.9 Å². The average Bonchev–Trinajstić information content (AvgIpc) is 3.11. The maximum Gasteiger partial charge on any atom is 0.416 e. The van der Waals surface area contributed by atoms with E-state index in [9.17, 15) is 22.4 Å². The van der Waals surface area contributed by atoms with E-state index in [1.54, 1.807) is 28.8 Å². The van der Waals surface area contributed by atoms with Gasteiger partial charge >= 0.3 is 6.18 Å². The number of halogens is 4. The van der Waals surface area contributed by atoms with Crippen LogP contribution in [0.5, 0.6) is 0 Å². The topological polar surface area (TPSA) is 48.0 Å². The van der Waals surface area contributed by atoms with Gasteiger partial charge in [-0.1, -0.05) is 36.4 Å². The van der Waals surface area contributed by atoms with Crippen LogP contribution in [0.25, 0.3) is 32.9 Å². The van der Waals surface area contributed by atoms with Crippen LogP contribution >= 0.6 is 0 Å². The van der Waals surface area contributed by atoms with Crippen molar-refractivity contribution in [1.82, 2.24) is 4.57 Å². The number of hydrogen-bond donors (Lipinski definition) is 1. The van der Waals surface area contributed by atoms with Crippen LogP contribution in [-0.2, 0) is 12.7 Å².